The van der Waals surface area contributed by atoms with E-state index in [1.54, 1.807) is 24.3 Å². The van der Waals surface area contributed by atoms with Gasteiger partial charge in [0.1, 0.15) is 5.75 Å². The summed E-state index contributed by atoms with van der Waals surface area (Å²) >= 11 is 1.84. The van der Waals surface area contributed by atoms with Crippen LogP contribution in [0, 0.1) is 0 Å². The zero-order valence-corrected chi connectivity index (χ0v) is 17.4. The number of carbonyl (C=O) groups is 2. The van der Waals surface area contributed by atoms with Crippen molar-refractivity contribution in [3.63, 3.8) is 0 Å². The molecule has 0 fully saturated rings. The van der Waals surface area contributed by atoms with Crippen molar-refractivity contribution in [2.24, 2.45) is 5.73 Å². The first-order chi connectivity index (χ1) is 14.6. The number of nitrogens with two attached hydrogens (primary N) is 1. The summed E-state index contributed by atoms with van der Waals surface area (Å²) in [6.07, 6.45) is 0.227. The Morgan fingerprint density at radius 3 is 2.30 bits per heavy atom. The van der Waals surface area contributed by atoms with Crippen molar-refractivity contribution in [1.82, 2.24) is 0 Å². The van der Waals surface area contributed by atoms with Crippen LogP contribution in [-0.4, -0.2) is 18.4 Å². The second-order valence-corrected chi connectivity index (χ2v) is 7.70. The fourth-order valence-electron chi connectivity index (χ4n) is 2.80. The minimum atomic E-state index is -0.485. The monoisotopic (exact) mass is 420 g/mol. The van der Waals surface area contributed by atoms with Crippen LogP contribution in [0.4, 0.5) is 5.69 Å². The predicted octanol–water partition coefficient (Wildman–Crippen LogP) is 4.63. The molecule has 5 nitrogen and oxygen atoms in total. The molecule has 3 aromatic rings. The van der Waals surface area contributed by atoms with E-state index >= 15 is 0 Å². The van der Waals surface area contributed by atoms with Gasteiger partial charge in [0.05, 0.1) is 13.0 Å². The van der Waals surface area contributed by atoms with Gasteiger partial charge in [0.25, 0.3) is 0 Å². The van der Waals surface area contributed by atoms with Gasteiger partial charge in [0.2, 0.25) is 11.8 Å². The van der Waals surface area contributed by atoms with Crippen LogP contribution in [0.2, 0.25) is 0 Å². The summed E-state index contributed by atoms with van der Waals surface area (Å²) in [6.45, 7) is 0.244. The average Bonchev–Trinajstić information content (AvgIpc) is 2.75. The summed E-state index contributed by atoms with van der Waals surface area (Å²) in [5, 5.41) is 2.91. The SMILES string of the molecule is NC(=O)c1ccc(OCCC(=O)Nc2cccc(CSCc3ccccc3)c2)cc1. The summed E-state index contributed by atoms with van der Waals surface area (Å²) in [5.41, 5.74) is 8.87. The highest BCUT2D eigenvalue weighted by atomic mass is 32.2. The maximum absolute atomic E-state index is 12.2. The lowest BCUT2D eigenvalue weighted by Gasteiger charge is -2.09. The molecule has 3 rings (SSSR count). The number of amides is 2. The third-order valence-corrected chi connectivity index (χ3v) is 5.40. The van der Waals surface area contributed by atoms with Crippen LogP contribution in [0.1, 0.15) is 27.9 Å². The highest BCUT2D eigenvalue weighted by Gasteiger charge is 2.05. The summed E-state index contributed by atoms with van der Waals surface area (Å²) in [5.74, 6) is 1.82. The van der Waals surface area contributed by atoms with Crippen LogP contribution in [0.3, 0.4) is 0 Å². The number of carbonyl (C=O) groups excluding carboxylic acids is 2. The smallest absolute Gasteiger partial charge is 0.248 e. The van der Waals surface area contributed by atoms with Crippen molar-refractivity contribution < 1.29 is 14.3 Å². The van der Waals surface area contributed by atoms with E-state index in [-0.39, 0.29) is 18.9 Å². The van der Waals surface area contributed by atoms with Gasteiger partial charge in [-0.15, -0.1) is 0 Å². The van der Waals surface area contributed by atoms with Gasteiger partial charge in [0.15, 0.2) is 0 Å². The first kappa shape index (κ1) is 21.5. The molecule has 0 unspecified atom stereocenters. The van der Waals surface area contributed by atoms with Crippen molar-refractivity contribution >= 4 is 29.3 Å². The Hall–Kier alpha value is -3.25. The molecule has 0 heterocycles. The molecule has 0 spiro atoms. The first-order valence-electron chi connectivity index (χ1n) is 9.63. The number of primary amides is 1. The minimum absolute atomic E-state index is 0.113. The van der Waals surface area contributed by atoms with Gasteiger partial charge < -0.3 is 15.8 Å². The fraction of sp³-hybridized carbons (Fsp3) is 0.167. The second kappa shape index (κ2) is 11.1. The Labute approximate surface area is 180 Å². The Bertz CT molecular complexity index is 975. The highest BCUT2D eigenvalue weighted by molar-refractivity contribution is 7.97. The molecule has 2 amide bonds. The molecule has 3 aromatic carbocycles. The number of benzene rings is 3. The lowest BCUT2D eigenvalue weighted by atomic mass is 10.2. The van der Waals surface area contributed by atoms with E-state index in [4.69, 9.17) is 10.5 Å². The molecule has 0 aliphatic carbocycles. The maximum atomic E-state index is 12.2. The van der Waals surface area contributed by atoms with E-state index in [0.717, 1.165) is 17.2 Å². The van der Waals surface area contributed by atoms with Crippen LogP contribution in [0.25, 0.3) is 0 Å². The molecule has 3 N–H and O–H groups in total. The molecule has 0 atom stereocenters. The van der Waals surface area contributed by atoms with E-state index in [9.17, 15) is 9.59 Å². The van der Waals surface area contributed by atoms with Crippen LogP contribution in [0.15, 0.2) is 78.9 Å². The Balaban J connectivity index is 1.41. The number of hydrogen-bond acceptors (Lipinski definition) is 4. The Morgan fingerprint density at radius 1 is 0.867 bits per heavy atom. The van der Waals surface area contributed by atoms with Gasteiger partial charge in [-0.05, 0) is 47.5 Å². The molecule has 30 heavy (non-hydrogen) atoms. The van der Waals surface area contributed by atoms with Gasteiger partial charge >= 0.3 is 0 Å². The molecule has 0 saturated heterocycles. The van der Waals surface area contributed by atoms with Crippen molar-refractivity contribution in [1.29, 1.82) is 0 Å². The molecule has 154 valence electrons. The molecule has 0 saturated carbocycles. The number of thioether (sulfide) groups is 1. The van der Waals surface area contributed by atoms with Crippen LogP contribution >= 0.6 is 11.8 Å². The lowest BCUT2D eigenvalue weighted by Crippen LogP contribution is -2.15. The number of nitrogens with one attached hydrogen (secondary N) is 1. The molecular formula is C24H24N2O3S. The second-order valence-electron chi connectivity index (χ2n) is 6.71. The molecule has 0 radical (unpaired) electrons. The number of rotatable bonds is 10. The van der Waals surface area contributed by atoms with E-state index < -0.39 is 5.91 Å². The van der Waals surface area contributed by atoms with Crippen molar-refractivity contribution in [3.8, 4) is 5.75 Å². The quantitative estimate of drug-likeness (QED) is 0.501. The summed E-state index contributed by atoms with van der Waals surface area (Å²) in [7, 11) is 0. The third kappa shape index (κ3) is 6.97. The van der Waals surface area contributed by atoms with Crippen molar-refractivity contribution in [2.45, 2.75) is 17.9 Å². The summed E-state index contributed by atoms with van der Waals surface area (Å²) in [6, 6.07) is 24.8. The van der Waals surface area contributed by atoms with Crippen molar-refractivity contribution in [3.05, 3.63) is 95.6 Å². The standard InChI is InChI=1S/C24H24N2O3S/c25-24(28)20-9-11-22(12-10-20)29-14-13-23(27)26-21-8-4-7-19(15-21)17-30-16-18-5-2-1-3-6-18/h1-12,15H,13-14,16-17H2,(H2,25,28)(H,26,27). The van der Waals surface area contributed by atoms with Gasteiger partial charge in [0, 0.05) is 22.8 Å². The topological polar surface area (TPSA) is 81.4 Å². The molecule has 0 aliphatic heterocycles. The number of hydrogen-bond donors (Lipinski definition) is 2. The third-order valence-electron chi connectivity index (χ3n) is 4.33. The normalized spacial score (nSPS) is 10.4. The zero-order chi connectivity index (χ0) is 21.2. The van der Waals surface area contributed by atoms with Crippen molar-refractivity contribution in [2.75, 3.05) is 11.9 Å². The minimum Gasteiger partial charge on any atom is -0.493 e. The number of anilines is 1. The predicted molar refractivity (Wildman–Crippen MR) is 122 cm³/mol. The Kier molecular flexibility index (Phi) is 7.92. The molecule has 0 bridgehead atoms. The van der Waals surface area contributed by atoms with E-state index in [1.807, 2.05) is 48.2 Å². The maximum Gasteiger partial charge on any atom is 0.248 e. The molecule has 0 aliphatic rings. The van der Waals surface area contributed by atoms with Gasteiger partial charge in [-0.25, -0.2) is 0 Å². The van der Waals surface area contributed by atoms with Gasteiger partial charge in [-0.2, -0.15) is 11.8 Å². The Morgan fingerprint density at radius 2 is 1.57 bits per heavy atom. The lowest BCUT2D eigenvalue weighted by molar-refractivity contribution is -0.116. The van der Waals surface area contributed by atoms with E-state index in [0.29, 0.717) is 11.3 Å². The zero-order valence-electron chi connectivity index (χ0n) is 16.5. The first-order valence-corrected chi connectivity index (χ1v) is 10.8. The molecule has 6 heteroatoms. The molecular weight excluding hydrogens is 396 g/mol. The molecule has 0 aromatic heterocycles. The van der Waals surface area contributed by atoms with Crippen LogP contribution in [0.5, 0.6) is 5.75 Å². The summed E-state index contributed by atoms with van der Waals surface area (Å²) in [4.78, 5) is 23.3. The van der Waals surface area contributed by atoms with E-state index in [1.165, 1.54) is 11.1 Å². The van der Waals surface area contributed by atoms with E-state index in [2.05, 4.69) is 23.5 Å². The van der Waals surface area contributed by atoms with Gasteiger partial charge in [-0.3, -0.25) is 9.59 Å². The summed E-state index contributed by atoms with van der Waals surface area (Å²) < 4.78 is 5.55. The van der Waals surface area contributed by atoms with Crippen LogP contribution in [-0.2, 0) is 16.3 Å². The van der Waals surface area contributed by atoms with Crippen LogP contribution < -0.4 is 15.8 Å². The highest BCUT2D eigenvalue weighted by Crippen LogP contribution is 2.20. The van der Waals surface area contributed by atoms with Gasteiger partial charge in [-0.1, -0.05) is 42.5 Å². The average molecular weight is 421 g/mol. The number of ether oxygens (including phenoxy) is 1. The largest absolute Gasteiger partial charge is 0.493 e. The fourth-order valence-corrected chi connectivity index (χ4v) is 3.75.